The Kier molecular flexibility index (Phi) is 5.52. The van der Waals surface area contributed by atoms with Crippen LogP contribution in [-0.4, -0.2) is 30.6 Å². The van der Waals surface area contributed by atoms with Crippen LogP contribution in [0.25, 0.3) is 0 Å². The van der Waals surface area contributed by atoms with Gasteiger partial charge in [0.05, 0.1) is 19.3 Å². The van der Waals surface area contributed by atoms with Crippen LogP contribution in [0.3, 0.4) is 0 Å². The van der Waals surface area contributed by atoms with Crippen molar-refractivity contribution in [2.24, 2.45) is 5.73 Å². The van der Waals surface area contributed by atoms with Gasteiger partial charge in [-0.25, -0.2) is 4.98 Å². The first kappa shape index (κ1) is 12.7. The van der Waals surface area contributed by atoms with Crippen LogP contribution in [0.4, 0.5) is 0 Å². The van der Waals surface area contributed by atoms with Gasteiger partial charge in [-0.15, -0.1) is 0 Å². The van der Waals surface area contributed by atoms with E-state index in [-0.39, 0.29) is 19.1 Å². The number of carbonyl (C=O) groups excluding carboxylic acids is 1. The number of ether oxygens (including phenoxy) is 1. The number of rotatable bonds is 7. The molecule has 0 aliphatic heterocycles. The minimum absolute atomic E-state index is 0.0124. The summed E-state index contributed by atoms with van der Waals surface area (Å²) in [6.07, 6.45) is 2.45. The van der Waals surface area contributed by atoms with Crippen molar-refractivity contribution in [1.82, 2.24) is 10.3 Å². The summed E-state index contributed by atoms with van der Waals surface area (Å²) in [5.74, 6) is 1.11. The minimum atomic E-state index is -0.204. The van der Waals surface area contributed by atoms with Gasteiger partial charge in [-0.2, -0.15) is 0 Å². The Morgan fingerprint density at radius 1 is 1.69 bits per heavy atom. The molecule has 16 heavy (non-hydrogen) atoms. The molecule has 0 fully saturated rings. The van der Waals surface area contributed by atoms with E-state index >= 15 is 0 Å². The molecule has 1 amide bonds. The molecule has 90 valence electrons. The van der Waals surface area contributed by atoms with Gasteiger partial charge in [-0.05, 0) is 0 Å². The van der Waals surface area contributed by atoms with E-state index in [9.17, 15) is 4.79 Å². The zero-order valence-electron chi connectivity index (χ0n) is 9.36. The van der Waals surface area contributed by atoms with Crippen LogP contribution in [0.2, 0.25) is 0 Å². The van der Waals surface area contributed by atoms with Crippen molar-refractivity contribution in [1.29, 1.82) is 0 Å². The Morgan fingerprint density at radius 2 is 2.50 bits per heavy atom. The SMILES string of the molecule is CCc1cnc(CNC(=O)COCCN)o1. The molecule has 1 aromatic rings. The summed E-state index contributed by atoms with van der Waals surface area (Å²) < 4.78 is 10.3. The zero-order chi connectivity index (χ0) is 11.8. The highest BCUT2D eigenvalue weighted by atomic mass is 16.5. The molecule has 0 aromatic carbocycles. The van der Waals surface area contributed by atoms with Gasteiger partial charge in [0, 0.05) is 13.0 Å². The predicted octanol–water partition coefficient (Wildman–Crippen LogP) is -0.171. The lowest BCUT2D eigenvalue weighted by Gasteiger charge is -2.03. The van der Waals surface area contributed by atoms with Crippen molar-refractivity contribution < 1.29 is 13.9 Å². The number of carbonyl (C=O) groups is 1. The predicted molar refractivity (Wildman–Crippen MR) is 57.6 cm³/mol. The van der Waals surface area contributed by atoms with Crippen LogP contribution in [0.1, 0.15) is 18.6 Å². The fourth-order valence-electron chi connectivity index (χ4n) is 1.07. The number of amides is 1. The molecule has 0 saturated carbocycles. The molecule has 0 spiro atoms. The molecule has 0 aliphatic carbocycles. The number of nitrogens with one attached hydrogen (secondary N) is 1. The fourth-order valence-corrected chi connectivity index (χ4v) is 1.07. The number of aryl methyl sites for hydroxylation is 1. The molecule has 0 atom stereocenters. The molecule has 3 N–H and O–H groups in total. The molecular formula is C10H17N3O3. The second-order valence-electron chi connectivity index (χ2n) is 3.19. The lowest BCUT2D eigenvalue weighted by Crippen LogP contribution is -2.28. The van der Waals surface area contributed by atoms with Gasteiger partial charge < -0.3 is 20.2 Å². The molecule has 6 heteroatoms. The molecule has 1 rings (SSSR count). The number of hydrogen-bond donors (Lipinski definition) is 2. The van der Waals surface area contributed by atoms with Crippen molar-refractivity contribution >= 4 is 5.91 Å². The second kappa shape index (κ2) is 6.97. The fraction of sp³-hybridized carbons (Fsp3) is 0.600. The standard InChI is InChI=1S/C10H17N3O3/c1-2-8-5-13-10(16-8)6-12-9(14)7-15-4-3-11/h5H,2-4,6-7,11H2,1H3,(H,12,14). The van der Waals surface area contributed by atoms with E-state index in [2.05, 4.69) is 10.3 Å². The van der Waals surface area contributed by atoms with E-state index in [1.165, 1.54) is 0 Å². The van der Waals surface area contributed by atoms with Crippen LogP contribution in [0.5, 0.6) is 0 Å². The second-order valence-corrected chi connectivity index (χ2v) is 3.19. The van der Waals surface area contributed by atoms with Gasteiger partial charge >= 0.3 is 0 Å². The Balaban J connectivity index is 2.20. The van der Waals surface area contributed by atoms with Crippen LogP contribution >= 0.6 is 0 Å². The summed E-state index contributed by atoms with van der Waals surface area (Å²) in [6.45, 7) is 3.06. The molecular weight excluding hydrogens is 210 g/mol. The van der Waals surface area contributed by atoms with E-state index in [0.29, 0.717) is 19.0 Å². The number of hydrogen-bond acceptors (Lipinski definition) is 5. The monoisotopic (exact) mass is 227 g/mol. The van der Waals surface area contributed by atoms with E-state index in [1.54, 1.807) is 6.20 Å². The van der Waals surface area contributed by atoms with Gasteiger partial charge in [0.2, 0.25) is 11.8 Å². The van der Waals surface area contributed by atoms with Crippen molar-refractivity contribution in [3.63, 3.8) is 0 Å². The van der Waals surface area contributed by atoms with Crippen LogP contribution in [0, 0.1) is 0 Å². The molecule has 0 radical (unpaired) electrons. The average Bonchev–Trinajstić information content (AvgIpc) is 2.74. The first-order valence-electron chi connectivity index (χ1n) is 5.24. The summed E-state index contributed by atoms with van der Waals surface area (Å²) in [4.78, 5) is 15.2. The van der Waals surface area contributed by atoms with E-state index in [1.807, 2.05) is 6.92 Å². The molecule has 0 aliphatic rings. The van der Waals surface area contributed by atoms with Gasteiger partial charge in [0.25, 0.3) is 0 Å². The number of nitrogens with zero attached hydrogens (tertiary/aromatic N) is 1. The summed E-state index contributed by atoms with van der Waals surface area (Å²) in [6, 6.07) is 0. The number of oxazole rings is 1. The first-order valence-corrected chi connectivity index (χ1v) is 5.24. The maximum atomic E-state index is 11.2. The third kappa shape index (κ3) is 4.41. The Labute approximate surface area is 94.2 Å². The zero-order valence-corrected chi connectivity index (χ0v) is 9.36. The smallest absolute Gasteiger partial charge is 0.246 e. The van der Waals surface area contributed by atoms with E-state index < -0.39 is 0 Å². The number of aromatic nitrogens is 1. The highest BCUT2D eigenvalue weighted by molar-refractivity contribution is 5.76. The van der Waals surface area contributed by atoms with Gasteiger partial charge in [-0.1, -0.05) is 6.92 Å². The minimum Gasteiger partial charge on any atom is -0.444 e. The van der Waals surface area contributed by atoms with E-state index in [0.717, 1.165) is 12.2 Å². The van der Waals surface area contributed by atoms with Gasteiger partial charge in [0.1, 0.15) is 12.4 Å². The Hall–Kier alpha value is -1.40. The third-order valence-electron chi connectivity index (χ3n) is 1.88. The maximum absolute atomic E-state index is 11.2. The summed E-state index contributed by atoms with van der Waals surface area (Å²) in [5.41, 5.74) is 5.22. The Morgan fingerprint density at radius 3 is 3.12 bits per heavy atom. The highest BCUT2D eigenvalue weighted by Gasteiger charge is 2.05. The summed E-state index contributed by atoms with van der Waals surface area (Å²) in [5, 5.41) is 2.63. The first-order chi connectivity index (χ1) is 7.76. The van der Waals surface area contributed by atoms with Crippen molar-refractivity contribution in [3.8, 4) is 0 Å². The normalized spacial score (nSPS) is 10.4. The largest absolute Gasteiger partial charge is 0.444 e. The van der Waals surface area contributed by atoms with Crippen LogP contribution < -0.4 is 11.1 Å². The van der Waals surface area contributed by atoms with Gasteiger partial charge in [0.15, 0.2) is 0 Å². The maximum Gasteiger partial charge on any atom is 0.246 e. The van der Waals surface area contributed by atoms with Crippen LogP contribution in [-0.2, 0) is 22.5 Å². The van der Waals surface area contributed by atoms with Crippen LogP contribution in [0.15, 0.2) is 10.6 Å². The van der Waals surface area contributed by atoms with Crippen molar-refractivity contribution in [2.45, 2.75) is 19.9 Å². The molecule has 0 bridgehead atoms. The van der Waals surface area contributed by atoms with Crippen molar-refractivity contribution in [2.75, 3.05) is 19.8 Å². The average molecular weight is 227 g/mol. The lowest BCUT2D eigenvalue weighted by molar-refractivity contribution is -0.125. The highest BCUT2D eigenvalue weighted by Crippen LogP contribution is 2.03. The lowest BCUT2D eigenvalue weighted by atomic mass is 10.4. The summed E-state index contributed by atoms with van der Waals surface area (Å²) in [7, 11) is 0. The number of nitrogens with two attached hydrogens (primary N) is 1. The van der Waals surface area contributed by atoms with Crippen molar-refractivity contribution in [3.05, 3.63) is 17.8 Å². The third-order valence-corrected chi connectivity index (χ3v) is 1.88. The molecule has 0 unspecified atom stereocenters. The van der Waals surface area contributed by atoms with E-state index in [4.69, 9.17) is 14.9 Å². The Bertz CT molecular complexity index is 325. The quantitative estimate of drug-likeness (QED) is 0.631. The molecule has 1 aromatic heterocycles. The molecule has 0 saturated heterocycles. The molecule has 6 nitrogen and oxygen atoms in total. The summed E-state index contributed by atoms with van der Waals surface area (Å²) >= 11 is 0. The van der Waals surface area contributed by atoms with Gasteiger partial charge in [-0.3, -0.25) is 4.79 Å². The molecule has 1 heterocycles. The topological polar surface area (TPSA) is 90.4 Å².